The van der Waals surface area contributed by atoms with Crippen molar-refractivity contribution in [2.75, 3.05) is 0 Å². The zero-order chi connectivity index (χ0) is 14.5. The number of benzene rings is 2. The molecule has 0 fully saturated rings. The van der Waals surface area contributed by atoms with E-state index in [1.807, 2.05) is 12.1 Å². The predicted molar refractivity (Wildman–Crippen MR) is 86.5 cm³/mol. The Morgan fingerprint density at radius 2 is 1.95 bits per heavy atom. The minimum atomic E-state index is -0.143. The smallest absolute Gasteiger partial charge is 0.252 e. The molecule has 0 aliphatic heterocycles. The van der Waals surface area contributed by atoms with Gasteiger partial charge in [-0.1, -0.05) is 23.7 Å². The summed E-state index contributed by atoms with van der Waals surface area (Å²) in [6, 6.07) is 14.3. The van der Waals surface area contributed by atoms with Gasteiger partial charge in [0.15, 0.2) is 0 Å². The average molecular weight is 397 g/mol. The molecule has 0 aromatic heterocycles. The molecule has 0 spiro atoms. The Bertz CT molecular complexity index is 677. The van der Waals surface area contributed by atoms with Gasteiger partial charge in [-0.25, -0.2) is 0 Å². The van der Waals surface area contributed by atoms with Gasteiger partial charge in [0.2, 0.25) is 0 Å². The van der Waals surface area contributed by atoms with Gasteiger partial charge in [0, 0.05) is 15.1 Å². The molecule has 5 heteroatoms. The van der Waals surface area contributed by atoms with E-state index < -0.39 is 0 Å². The average Bonchev–Trinajstić information content (AvgIpc) is 2.45. The summed E-state index contributed by atoms with van der Waals surface area (Å²) >= 11 is 7.94. The molecule has 1 amide bonds. The highest BCUT2D eigenvalue weighted by molar-refractivity contribution is 14.1. The first-order valence-electron chi connectivity index (χ1n) is 5.82. The van der Waals surface area contributed by atoms with E-state index in [-0.39, 0.29) is 5.91 Å². The van der Waals surface area contributed by atoms with Crippen LogP contribution in [0.3, 0.4) is 0 Å². The number of hydrogen-bond donors (Lipinski definition) is 1. The van der Waals surface area contributed by atoms with Crippen LogP contribution in [0.1, 0.15) is 21.5 Å². The lowest BCUT2D eigenvalue weighted by Gasteiger charge is -2.07. The van der Waals surface area contributed by atoms with Crippen LogP contribution in [-0.2, 0) is 6.54 Å². The molecule has 100 valence electrons. The lowest BCUT2D eigenvalue weighted by atomic mass is 10.1. The van der Waals surface area contributed by atoms with Gasteiger partial charge in [0.25, 0.3) is 5.91 Å². The Balaban J connectivity index is 2.03. The molecule has 0 aliphatic rings. The molecule has 20 heavy (non-hydrogen) atoms. The van der Waals surface area contributed by atoms with Crippen LogP contribution in [0.2, 0.25) is 5.02 Å². The molecule has 0 atom stereocenters. The van der Waals surface area contributed by atoms with E-state index in [9.17, 15) is 4.79 Å². The van der Waals surface area contributed by atoms with E-state index in [1.165, 1.54) is 0 Å². The first kappa shape index (κ1) is 14.8. The molecule has 0 aliphatic carbocycles. The third-order valence-electron chi connectivity index (χ3n) is 2.71. The van der Waals surface area contributed by atoms with Crippen LogP contribution in [0.25, 0.3) is 0 Å². The lowest BCUT2D eigenvalue weighted by Crippen LogP contribution is -2.23. The van der Waals surface area contributed by atoms with Crippen LogP contribution in [0, 0.1) is 14.9 Å². The number of nitrogens with one attached hydrogen (secondary N) is 1. The SMILES string of the molecule is N#Cc1ccc(CNC(=O)c2ccc(Cl)cc2I)cc1. The van der Waals surface area contributed by atoms with Crippen molar-refractivity contribution in [2.24, 2.45) is 0 Å². The largest absolute Gasteiger partial charge is 0.348 e. The van der Waals surface area contributed by atoms with Crippen LogP contribution in [0.4, 0.5) is 0 Å². The Labute approximate surface area is 135 Å². The normalized spacial score (nSPS) is 9.85. The number of carbonyl (C=O) groups is 1. The molecule has 0 radical (unpaired) electrons. The van der Waals surface area contributed by atoms with Gasteiger partial charge in [-0.05, 0) is 58.5 Å². The number of rotatable bonds is 3. The number of amides is 1. The highest BCUT2D eigenvalue weighted by Gasteiger charge is 2.09. The van der Waals surface area contributed by atoms with Crippen molar-refractivity contribution in [3.63, 3.8) is 0 Å². The maximum absolute atomic E-state index is 12.1. The van der Waals surface area contributed by atoms with Gasteiger partial charge in [-0.2, -0.15) is 5.26 Å². The summed E-state index contributed by atoms with van der Waals surface area (Å²) in [7, 11) is 0. The number of hydrogen-bond acceptors (Lipinski definition) is 2. The van der Waals surface area contributed by atoms with E-state index in [0.29, 0.717) is 22.7 Å². The van der Waals surface area contributed by atoms with Crippen molar-refractivity contribution in [3.8, 4) is 6.07 Å². The van der Waals surface area contributed by atoms with Gasteiger partial charge in [-0.3, -0.25) is 4.79 Å². The molecule has 2 aromatic rings. The molecule has 0 bridgehead atoms. The molecule has 2 aromatic carbocycles. The van der Waals surface area contributed by atoms with Crippen LogP contribution in [-0.4, -0.2) is 5.91 Å². The summed E-state index contributed by atoms with van der Waals surface area (Å²) in [5, 5.41) is 12.2. The zero-order valence-electron chi connectivity index (χ0n) is 10.4. The van der Waals surface area contributed by atoms with E-state index in [0.717, 1.165) is 9.13 Å². The second-order valence-corrected chi connectivity index (χ2v) is 5.71. The van der Waals surface area contributed by atoms with Crippen molar-refractivity contribution in [1.82, 2.24) is 5.32 Å². The molecule has 0 heterocycles. The maximum atomic E-state index is 12.1. The highest BCUT2D eigenvalue weighted by atomic mass is 127. The molecular weight excluding hydrogens is 387 g/mol. The topological polar surface area (TPSA) is 52.9 Å². The minimum Gasteiger partial charge on any atom is -0.348 e. The molecule has 1 N–H and O–H groups in total. The molecule has 0 saturated heterocycles. The predicted octanol–water partition coefficient (Wildman–Crippen LogP) is 3.75. The summed E-state index contributed by atoms with van der Waals surface area (Å²) in [5.74, 6) is -0.143. The number of nitriles is 1. The standard InChI is InChI=1S/C15H10ClIN2O/c16-12-5-6-13(14(17)7-12)15(20)19-9-11-3-1-10(8-18)2-4-11/h1-7H,9H2,(H,19,20). The summed E-state index contributed by atoms with van der Waals surface area (Å²) in [6.45, 7) is 0.420. The Kier molecular flexibility index (Phi) is 4.99. The number of halogens is 2. The molecule has 0 saturated carbocycles. The van der Waals surface area contributed by atoms with E-state index in [4.69, 9.17) is 16.9 Å². The van der Waals surface area contributed by atoms with Gasteiger partial charge in [0.1, 0.15) is 0 Å². The third kappa shape index (κ3) is 3.71. The number of nitrogens with zero attached hydrogens (tertiary/aromatic N) is 1. The van der Waals surface area contributed by atoms with E-state index >= 15 is 0 Å². The van der Waals surface area contributed by atoms with Crippen molar-refractivity contribution in [2.45, 2.75) is 6.54 Å². The maximum Gasteiger partial charge on any atom is 0.252 e. The molecule has 2 rings (SSSR count). The summed E-state index contributed by atoms with van der Waals surface area (Å²) < 4.78 is 0.812. The van der Waals surface area contributed by atoms with Gasteiger partial charge >= 0.3 is 0 Å². The van der Waals surface area contributed by atoms with Crippen molar-refractivity contribution in [1.29, 1.82) is 5.26 Å². The van der Waals surface area contributed by atoms with E-state index in [1.54, 1.807) is 30.3 Å². The van der Waals surface area contributed by atoms with Crippen molar-refractivity contribution in [3.05, 3.63) is 67.7 Å². The Hall–Kier alpha value is -1.58. The van der Waals surface area contributed by atoms with Crippen LogP contribution < -0.4 is 5.32 Å². The Morgan fingerprint density at radius 1 is 1.25 bits per heavy atom. The third-order valence-corrected chi connectivity index (χ3v) is 3.84. The van der Waals surface area contributed by atoms with Gasteiger partial charge < -0.3 is 5.32 Å². The fourth-order valence-corrected chi connectivity index (χ4v) is 2.76. The van der Waals surface area contributed by atoms with Gasteiger partial charge in [-0.15, -0.1) is 0 Å². The van der Waals surface area contributed by atoms with Crippen molar-refractivity contribution < 1.29 is 4.79 Å². The fraction of sp³-hybridized carbons (Fsp3) is 0.0667. The summed E-state index contributed by atoms with van der Waals surface area (Å²) in [6.07, 6.45) is 0. The first-order chi connectivity index (χ1) is 9.60. The first-order valence-corrected chi connectivity index (χ1v) is 7.28. The Morgan fingerprint density at radius 3 is 2.55 bits per heavy atom. The number of carbonyl (C=O) groups excluding carboxylic acids is 1. The minimum absolute atomic E-state index is 0.143. The molecule has 0 unspecified atom stereocenters. The quantitative estimate of drug-likeness (QED) is 0.804. The van der Waals surface area contributed by atoms with Crippen LogP contribution in [0.15, 0.2) is 42.5 Å². The second-order valence-electron chi connectivity index (χ2n) is 4.12. The molecular formula is C15H10ClIN2O. The molecule has 3 nitrogen and oxygen atoms in total. The monoisotopic (exact) mass is 396 g/mol. The second kappa shape index (κ2) is 6.73. The lowest BCUT2D eigenvalue weighted by molar-refractivity contribution is 0.0950. The van der Waals surface area contributed by atoms with Crippen LogP contribution in [0.5, 0.6) is 0 Å². The summed E-state index contributed by atoms with van der Waals surface area (Å²) in [4.78, 5) is 12.1. The zero-order valence-corrected chi connectivity index (χ0v) is 13.3. The van der Waals surface area contributed by atoms with Gasteiger partial charge in [0.05, 0.1) is 17.2 Å². The summed E-state index contributed by atoms with van der Waals surface area (Å²) in [5.41, 5.74) is 2.15. The van der Waals surface area contributed by atoms with E-state index in [2.05, 4.69) is 34.0 Å². The van der Waals surface area contributed by atoms with Crippen molar-refractivity contribution >= 4 is 40.1 Å². The van der Waals surface area contributed by atoms with Crippen LogP contribution >= 0.6 is 34.2 Å². The fourth-order valence-electron chi connectivity index (χ4n) is 1.65. The highest BCUT2D eigenvalue weighted by Crippen LogP contribution is 2.18.